The van der Waals surface area contributed by atoms with Crippen LogP contribution < -0.4 is 9.62 Å². The number of piperidine rings is 1. The van der Waals surface area contributed by atoms with Gasteiger partial charge in [-0.05, 0) is 60.2 Å². The van der Waals surface area contributed by atoms with Gasteiger partial charge in [-0.15, -0.1) is 0 Å². The lowest BCUT2D eigenvalue weighted by molar-refractivity contribution is 0.0964. The van der Waals surface area contributed by atoms with Crippen LogP contribution in [0.15, 0.2) is 71.1 Å². The maximum absolute atomic E-state index is 13.7. The van der Waals surface area contributed by atoms with Crippen molar-refractivity contribution < 1.29 is 30.4 Å². The number of carbonyl (C=O) groups excluding carboxylic acids is 1. The van der Waals surface area contributed by atoms with Gasteiger partial charge >= 0.3 is 0 Å². The zero-order chi connectivity index (χ0) is 30.2. The normalized spacial score (nSPS) is 16.4. The predicted molar refractivity (Wildman–Crippen MR) is 161 cm³/mol. The summed E-state index contributed by atoms with van der Waals surface area (Å²) in [4.78, 5) is 13.1. The predicted octanol–water partition coefficient (Wildman–Crippen LogP) is 4.70. The molecule has 1 aliphatic heterocycles. The van der Waals surface area contributed by atoms with E-state index in [1.165, 1.54) is 42.7 Å². The van der Waals surface area contributed by atoms with E-state index in [4.69, 9.17) is 4.42 Å². The number of nitrogens with zero attached hydrogens (tertiary/aromatic N) is 2. The number of hydrogen-bond donors (Lipinski definition) is 1. The number of halogens is 1. The number of anilines is 1. The Morgan fingerprint density at radius 2 is 1.76 bits per heavy atom. The van der Waals surface area contributed by atoms with Gasteiger partial charge in [-0.1, -0.05) is 30.3 Å². The van der Waals surface area contributed by atoms with Gasteiger partial charge in [0.1, 0.15) is 17.2 Å². The van der Waals surface area contributed by atoms with E-state index >= 15 is 0 Å². The maximum atomic E-state index is 13.7. The maximum Gasteiger partial charge on any atom is 0.255 e. The molecule has 1 fully saturated rings. The molecule has 1 amide bonds. The minimum atomic E-state index is -3.71. The monoisotopic (exact) mass is 613 g/mol. The summed E-state index contributed by atoms with van der Waals surface area (Å²) in [5.41, 5.74) is 2.57. The van der Waals surface area contributed by atoms with E-state index in [1.807, 2.05) is 6.07 Å². The molecule has 5 rings (SSSR count). The van der Waals surface area contributed by atoms with Gasteiger partial charge in [0.05, 0.1) is 23.3 Å². The quantitative estimate of drug-likeness (QED) is 0.308. The Morgan fingerprint density at radius 3 is 2.40 bits per heavy atom. The Balaban J connectivity index is 1.64. The van der Waals surface area contributed by atoms with Crippen LogP contribution in [-0.2, 0) is 25.8 Å². The van der Waals surface area contributed by atoms with Crippen molar-refractivity contribution in [3.63, 3.8) is 0 Å². The minimum absolute atomic E-state index is 0.140. The fraction of sp³-hybridized carbons (Fsp3) is 0.300. The zero-order valence-electron chi connectivity index (χ0n) is 23.5. The van der Waals surface area contributed by atoms with Crippen LogP contribution in [0.1, 0.15) is 40.2 Å². The first kappa shape index (κ1) is 29.7. The fourth-order valence-corrected chi connectivity index (χ4v) is 7.53. The van der Waals surface area contributed by atoms with Crippen LogP contribution in [0.3, 0.4) is 0 Å². The van der Waals surface area contributed by atoms with Crippen LogP contribution in [0.4, 0.5) is 10.1 Å². The first-order valence-electron chi connectivity index (χ1n) is 13.4. The Labute approximate surface area is 245 Å². The van der Waals surface area contributed by atoms with Gasteiger partial charge in [-0.25, -0.2) is 25.5 Å². The van der Waals surface area contributed by atoms with E-state index in [0.29, 0.717) is 47.2 Å². The SMILES string of the molecule is CNC(=O)c1c(-c2ccc(F)cc2)oc2cc(N(C)S(C)(=O)=O)c([C@H]3CCCN(S(=O)(=O)Cc4ccccc4)C3)cc12. The van der Waals surface area contributed by atoms with Crippen LogP contribution in [0.5, 0.6) is 0 Å². The summed E-state index contributed by atoms with van der Waals surface area (Å²) >= 11 is 0. The van der Waals surface area contributed by atoms with Crippen molar-refractivity contribution in [1.29, 1.82) is 0 Å². The first-order chi connectivity index (χ1) is 19.9. The number of furan rings is 1. The molecule has 2 heterocycles. The number of fused-ring (bicyclic) bond motifs is 1. The van der Waals surface area contributed by atoms with E-state index in [2.05, 4.69) is 5.32 Å². The molecule has 1 N–H and O–H groups in total. The van der Waals surface area contributed by atoms with E-state index in [0.717, 1.165) is 10.6 Å². The van der Waals surface area contributed by atoms with Gasteiger partial charge in [0, 0.05) is 44.2 Å². The minimum Gasteiger partial charge on any atom is -0.455 e. The van der Waals surface area contributed by atoms with E-state index in [9.17, 15) is 26.0 Å². The van der Waals surface area contributed by atoms with Gasteiger partial charge < -0.3 is 9.73 Å². The third-order valence-electron chi connectivity index (χ3n) is 7.64. The van der Waals surface area contributed by atoms with Gasteiger partial charge in [-0.3, -0.25) is 9.10 Å². The van der Waals surface area contributed by atoms with E-state index in [1.54, 1.807) is 36.4 Å². The molecule has 3 aromatic carbocycles. The highest BCUT2D eigenvalue weighted by Gasteiger charge is 2.33. The summed E-state index contributed by atoms with van der Waals surface area (Å²) < 4.78 is 74.6. The molecule has 42 heavy (non-hydrogen) atoms. The molecule has 0 bridgehead atoms. The third-order valence-corrected chi connectivity index (χ3v) is 10.7. The van der Waals surface area contributed by atoms with Crippen LogP contribution in [0.25, 0.3) is 22.3 Å². The Bertz CT molecular complexity index is 1840. The Hall–Kier alpha value is -3.74. The largest absolute Gasteiger partial charge is 0.455 e. The second-order valence-corrected chi connectivity index (χ2v) is 14.5. The second-order valence-electron chi connectivity index (χ2n) is 10.5. The van der Waals surface area contributed by atoms with Crippen molar-refractivity contribution >= 4 is 42.6 Å². The van der Waals surface area contributed by atoms with Crippen molar-refractivity contribution in [2.75, 3.05) is 37.7 Å². The second kappa shape index (κ2) is 11.5. The molecule has 4 aromatic rings. The number of rotatable bonds is 8. The number of benzene rings is 3. The lowest BCUT2D eigenvalue weighted by Gasteiger charge is -2.34. The van der Waals surface area contributed by atoms with Crippen LogP contribution >= 0.6 is 0 Å². The summed E-state index contributed by atoms with van der Waals surface area (Å²) in [5, 5.41) is 3.07. The van der Waals surface area contributed by atoms with Gasteiger partial charge in [0.15, 0.2) is 0 Å². The standard InChI is InChI=1S/C30H32FN3O6S2/c1-32-30(35)28-25-16-24(22-10-7-15-34(18-22)42(38,39)19-20-8-5-4-6-9-20)26(33(2)41(3,36)37)17-27(25)40-29(28)21-11-13-23(31)14-12-21/h4-6,8-9,11-14,16-17,22H,7,10,15,18-19H2,1-3H3,(H,32,35)/t22-/m0/s1. The summed E-state index contributed by atoms with van der Waals surface area (Å²) in [6.45, 7) is 0.512. The molecule has 0 aliphatic carbocycles. The van der Waals surface area contributed by atoms with E-state index in [-0.39, 0.29) is 35.1 Å². The van der Waals surface area contributed by atoms with Crippen molar-refractivity contribution in [3.8, 4) is 11.3 Å². The molecule has 9 nitrogen and oxygen atoms in total. The highest BCUT2D eigenvalue weighted by molar-refractivity contribution is 7.92. The molecule has 0 spiro atoms. The fourth-order valence-electron chi connectivity index (χ4n) is 5.41. The van der Waals surface area contributed by atoms with Crippen molar-refractivity contribution in [3.05, 3.63) is 89.2 Å². The smallest absolute Gasteiger partial charge is 0.255 e. The summed E-state index contributed by atoms with van der Waals surface area (Å²) in [6.07, 6.45) is 2.28. The summed E-state index contributed by atoms with van der Waals surface area (Å²) in [7, 11) is -4.45. The van der Waals surface area contributed by atoms with Crippen LogP contribution in [-0.4, -0.2) is 60.5 Å². The Kier molecular flexibility index (Phi) is 8.15. The molecule has 1 aromatic heterocycles. The molecule has 222 valence electrons. The van der Waals surface area contributed by atoms with Crippen LogP contribution in [0, 0.1) is 5.82 Å². The van der Waals surface area contributed by atoms with Crippen LogP contribution in [0.2, 0.25) is 0 Å². The number of sulfonamides is 2. The number of hydrogen-bond acceptors (Lipinski definition) is 6. The van der Waals surface area contributed by atoms with Gasteiger partial charge in [-0.2, -0.15) is 0 Å². The first-order valence-corrected chi connectivity index (χ1v) is 16.9. The average Bonchev–Trinajstić information content (AvgIpc) is 3.34. The molecule has 1 saturated heterocycles. The highest BCUT2D eigenvalue weighted by Crippen LogP contribution is 2.42. The zero-order valence-corrected chi connectivity index (χ0v) is 25.1. The topological polar surface area (TPSA) is 117 Å². The summed E-state index contributed by atoms with van der Waals surface area (Å²) in [6, 6.07) is 17.8. The van der Waals surface area contributed by atoms with Gasteiger partial charge in [0.25, 0.3) is 5.91 Å². The van der Waals surface area contributed by atoms with Crippen molar-refractivity contribution in [2.45, 2.75) is 24.5 Å². The molecule has 12 heteroatoms. The van der Waals surface area contributed by atoms with E-state index < -0.39 is 31.8 Å². The number of amides is 1. The summed E-state index contributed by atoms with van der Waals surface area (Å²) in [5.74, 6) is -1.15. The lowest BCUT2D eigenvalue weighted by Crippen LogP contribution is -2.40. The highest BCUT2D eigenvalue weighted by atomic mass is 32.2. The molecule has 0 unspecified atom stereocenters. The van der Waals surface area contributed by atoms with Crippen molar-refractivity contribution in [2.24, 2.45) is 0 Å². The van der Waals surface area contributed by atoms with Crippen molar-refractivity contribution in [1.82, 2.24) is 9.62 Å². The number of nitrogens with one attached hydrogen (secondary N) is 1. The molecular formula is C30H32FN3O6S2. The number of carbonyl (C=O) groups is 1. The van der Waals surface area contributed by atoms with Gasteiger partial charge in [0.2, 0.25) is 20.0 Å². The lowest BCUT2D eigenvalue weighted by atomic mass is 9.89. The molecule has 0 radical (unpaired) electrons. The average molecular weight is 614 g/mol. The Morgan fingerprint density at radius 1 is 1.07 bits per heavy atom. The molecule has 1 aliphatic rings. The molecule has 1 atom stereocenters. The third kappa shape index (κ3) is 5.92. The molecular weight excluding hydrogens is 581 g/mol. The molecule has 0 saturated carbocycles.